The van der Waals surface area contributed by atoms with Crippen molar-refractivity contribution in [3.63, 3.8) is 0 Å². The Hall–Kier alpha value is -2.77. The lowest BCUT2D eigenvalue weighted by molar-refractivity contribution is -0.136. The van der Waals surface area contributed by atoms with Crippen molar-refractivity contribution >= 4 is 23.5 Å². The average Bonchev–Trinajstić information content (AvgIpc) is 2.89. The van der Waals surface area contributed by atoms with Crippen LogP contribution in [0, 0.1) is 5.92 Å². The molecule has 2 aliphatic heterocycles. The van der Waals surface area contributed by atoms with E-state index in [1.165, 1.54) is 0 Å². The van der Waals surface area contributed by atoms with Crippen molar-refractivity contribution in [3.05, 3.63) is 18.2 Å². The molecule has 8 nitrogen and oxygen atoms in total. The van der Waals surface area contributed by atoms with Gasteiger partial charge in [0, 0.05) is 11.8 Å². The minimum absolute atomic E-state index is 0.0635. The molecule has 0 unspecified atom stereocenters. The Labute approximate surface area is 157 Å². The second kappa shape index (κ2) is 6.75. The SMILES string of the molecule is C[C@@H]1CCCC[C@@]12NC(=O)N(CC(=O)Nc1ccc3c(c1)OCCO3)C2=O. The van der Waals surface area contributed by atoms with Crippen LogP contribution in [0.1, 0.15) is 32.6 Å². The van der Waals surface area contributed by atoms with Gasteiger partial charge < -0.3 is 20.1 Å². The van der Waals surface area contributed by atoms with Crippen LogP contribution in [0.3, 0.4) is 0 Å². The number of hydrogen-bond acceptors (Lipinski definition) is 5. The molecule has 1 aromatic rings. The molecule has 144 valence electrons. The summed E-state index contributed by atoms with van der Waals surface area (Å²) >= 11 is 0. The summed E-state index contributed by atoms with van der Waals surface area (Å²) in [6, 6.07) is 4.59. The molecule has 1 saturated heterocycles. The standard InChI is InChI=1S/C19H23N3O5/c1-12-4-2-3-7-19(12)17(24)22(18(25)21-19)11-16(23)20-13-5-6-14-15(10-13)27-9-8-26-14/h5-6,10,12H,2-4,7-9,11H2,1H3,(H,20,23)(H,21,25)/t12-,19-/m1/s1. The molecule has 2 atom stereocenters. The van der Waals surface area contributed by atoms with Crippen LogP contribution in [0.25, 0.3) is 0 Å². The molecule has 0 aromatic heterocycles. The molecule has 4 rings (SSSR count). The molecule has 8 heteroatoms. The molecule has 1 aromatic carbocycles. The summed E-state index contributed by atoms with van der Waals surface area (Å²) in [6.45, 7) is 2.61. The maximum absolute atomic E-state index is 12.9. The fourth-order valence-electron chi connectivity index (χ4n) is 4.10. The van der Waals surface area contributed by atoms with E-state index in [1.807, 2.05) is 6.92 Å². The molecular formula is C19H23N3O5. The van der Waals surface area contributed by atoms with Gasteiger partial charge in [0.1, 0.15) is 25.3 Å². The summed E-state index contributed by atoms with van der Waals surface area (Å²) in [5, 5.41) is 5.56. The van der Waals surface area contributed by atoms with Crippen LogP contribution in [0.2, 0.25) is 0 Å². The first-order valence-corrected chi connectivity index (χ1v) is 9.33. The number of urea groups is 1. The highest BCUT2D eigenvalue weighted by atomic mass is 16.6. The van der Waals surface area contributed by atoms with Gasteiger partial charge >= 0.3 is 6.03 Å². The zero-order valence-corrected chi connectivity index (χ0v) is 15.2. The summed E-state index contributed by atoms with van der Waals surface area (Å²) in [7, 11) is 0. The third-order valence-corrected chi connectivity index (χ3v) is 5.63. The smallest absolute Gasteiger partial charge is 0.325 e. The second-order valence-corrected chi connectivity index (χ2v) is 7.35. The van der Waals surface area contributed by atoms with Crippen molar-refractivity contribution in [1.29, 1.82) is 0 Å². The van der Waals surface area contributed by atoms with Crippen LogP contribution in [-0.4, -0.2) is 48.0 Å². The molecule has 2 N–H and O–H groups in total. The Morgan fingerprint density at radius 1 is 1.26 bits per heavy atom. The van der Waals surface area contributed by atoms with Gasteiger partial charge in [-0.25, -0.2) is 4.79 Å². The minimum Gasteiger partial charge on any atom is -0.486 e. The van der Waals surface area contributed by atoms with Crippen molar-refractivity contribution in [1.82, 2.24) is 10.2 Å². The van der Waals surface area contributed by atoms with E-state index in [4.69, 9.17) is 9.47 Å². The van der Waals surface area contributed by atoms with Crippen LogP contribution in [-0.2, 0) is 9.59 Å². The number of carbonyl (C=O) groups is 3. The van der Waals surface area contributed by atoms with E-state index < -0.39 is 17.5 Å². The number of rotatable bonds is 3. The third kappa shape index (κ3) is 3.09. The number of nitrogens with zero attached hydrogens (tertiary/aromatic N) is 1. The summed E-state index contributed by atoms with van der Waals surface area (Å²) < 4.78 is 10.9. The van der Waals surface area contributed by atoms with Gasteiger partial charge in [0.15, 0.2) is 11.5 Å². The fraction of sp³-hybridized carbons (Fsp3) is 0.526. The Balaban J connectivity index is 1.43. The van der Waals surface area contributed by atoms with Crippen LogP contribution >= 0.6 is 0 Å². The van der Waals surface area contributed by atoms with Gasteiger partial charge in [0.05, 0.1) is 0 Å². The first-order chi connectivity index (χ1) is 13.0. The van der Waals surface area contributed by atoms with Gasteiger partial charge in [-0.1, -0.05) is 19.8 Å². The highest BCUT2D eigenvalue weighted by Crippen LogP contribution is 2.38. The van der Waals surface area contributed by atoms with E-state index in [0.29, 0.717) is 36.8 Å². The lowest BCUT2D eigenvalue weighted by atomic mass is 9.73. The molecular weight excluding hydrogens is 350 g/mol. The Kier molecular flexibility index (Phi) is 4.41. The van der Waals surface area contributed by atoms with Crippen LogP contribution < -0.4 is 20.1 Å². The second-order valence-electron chi connectivity index (χ2n) is 7.35. The predicted octanol–water partition coefficient (Wildman–Crippen LogP) is 1.90. The highest BCUT2D eigenvalue weighted by Gasteiger charge is 2.55. The molecule has 4 amide bonds. The number of ether oxygens (including phenoxy) is 2. The van der Waals surface area contributed by atoms with Crippen molar-refractivity contribution in [2.24, 2.45) is 5.92 Å². The monoisotopic (exact) mass is 373 g/mol. The van der Waals surface area contributed by atoms with E-state index in [9.17, 15) is 14.4 Å². The van der Waals surface area contributed by atoms with E-state index >= 15 is 0 Å². The molecule has 3 aliphatic rings. The van der Waals surface area contributed by atoms with E-state index in [0.717, 1.165) is 24.2 Å². The minimum atomic E-state index is -0.855. The highest BCUT2D eigenvalue weighted by molar-refractivity contribution is 6.10. The van der Waals surface area contributed by atoms with Crippen molar-refractivity contribution in [2.75, 3.05) is 25.1 Å². The predicted molar refractivity (Wildman–Crippen MR) is 96.7 cm³/mol. The van der Waals surface area contributed by atoms with Gasteiger partial charge in [0.2, 0.25) is 5.91 Å². The van der Waals surface area contributed by atoms with Crippen molar-refractivity contribution in [3.8, 4) is 11.5 Å². The summed E-state index contributed by atoms with van der Waals surface area (Å²) in [6.07, 6.45) is 3.46. The molecule has 2 heterocycles. The maximum atomic E-state index is 12.9. The fourth-order valence-corrected chi connectivity index (χ4v) is 4.10. The average molecular weight is 373 g/mol. The van der Waals surface area contributed by atoms with E-state index in [1.54, 1.807) is 18.2 Å². The van der Waals surface area contributed by atoms with Gasteiger partial charge in [-0.15, -0.1) is 0 Å². The normalized spacial score (nSPS) is 26.9. The number of anilines is 1. The first-order valence-electron chi connectivity index (χ1n) is 9.33. The van der Waals surface area contributed by atoms with Gasteiger partial charge in [-0.3, -0.25) is 14.5 Å². The lowest BCUT2D eigenvalue weighted by Gasteiger charge is -2.36. The Morgan fingerprint density at radius 3 is 2.81 bits per heavy atom. The third-order valence-electron chi connectivity index (χ3n) is 5.63. The number of nitrogens with one attached hydrogen (secondary N) is 2. The first kappa shape index (κ1) is 17.6. The molecule has 1 aliphatic carbocycles. The maximum Gasteiger partial charge on any atom is 0.325 e. The van der Waals surface area contributed by atoms with Crippen molar-refractivity contribution in [2.45, 2.75) is 38.1 Å². The molecule has 1 saturated carbocycles. The molecule has 0 radical (unpaired) electrons. The molecule has 27 heavy (non-hydrogen) atoms. The number of benzene rings is 1. The molecule has 1 spiro atoms. The number of imide groups is 1. The van der Waals surface area contributed by atoms with Crippen LogP contribution in [0.5, 0.6) is 11.5 Å². The number of carbonyl (C=O) groups excluding carboxylic acids is 3. The zero-order valence-electron chi connectivity index (χ0n) is 15.2. The van der Waals surface area contributed by atoms with Crippen LogP contribution in [0.4, 0.5) is 10.5 Å². The van der Waals surface area contributed by atoms with E-state index in [-0.39, 0.29) is 18.4 Å². The summed E-state index contributed by atoms with van der Waals surface area (Å²) in [5.74, 6) is 0.520. The largest absolute Gasteiger partial charge is 0.486 e. The number of hydrogen-bond donors (Lipinski definition) is 2. The lowest BCUT2D eigenvalue weighted by Crippen LogP contribution is -2.54. The topological polar surface area (TPSA) is 97.0 Å². The molecule has 2 fully saturated rings. The van der Waals surface area contributed by atoms with E-state index in [2.05, 4.69) is 10.6 Å². The van der Waals surface area contributed by atoms with Gasteiger partial charge in [0.25, 0.3) is 5.91 Å². The van der Waals surface area contributed by atoms with Crippen LogP contribution in [0.15, 0.2) is 18.2 Å². The Bertz CT molecular complexity index is 796. The zero-order chi connectivity index (χ0) is 19.0. The quantitative estimate of drug-likeness (QED) is 0.789. The Morgan fingerprint density at radius 2 is 2.04 bits per heavy atom. The summed E-state index contributed by atoms with van der Waals surface area (Å²) in [5.41, 5.74) is -0.330. The number of fused-ring (bicyclic) bond motifs is 1. The summed E-state index contributed by atoms with van der Waals surface area (Å²) in [4.78, 5) is 38.7. The van der Waals surface area contributed by atoms with Gasteiger partial charge in [-0.05, 0) is 30.9 Å². The van der Waals surface area contributed by atoms with Gasteiger partial charge in [-0.2, -0.15) is 0 Å². The molecule has 0 bridgehead atoms. The van der Waals surface area contributed by atoms with Crippen molar-refractivity contribution < 1.29 is 23.9 Å². The number of amides is 4.